The molecule has 0 bridgehead atoms. The Kier molecular flexibility index (Phi) is 5.52. The molecule has 150 valence electrons. The van der Waals surface area contributed by atoms with Crippen LogP contribution in [0.15, 0.2) is 24.3 Å². The van der Waals surface area contributed by atoms with Gasteiger partial charge in [0.05, 0.1) is 29.5 Å². The van der Waals surface area contributed by atoms with Gasteiger partial charge in [-0.2, -0.15) is 5.10 Å². The Balaban J connectivity index is 1.93. The summed E-state index contributed by atoms with van der Waals surface area (Å²) >= 11 is 0. The van der Waals surface area contributed by atoms with Crippen LogP contribution in [0, 0.1) is 6.92 Å². The minimum Gasteiger partial charge on any atom is -0.383 e. The van der Waals surface area contributed by atoms with Gasteiger partial charge in [0.2, 0.25) is 0 Å². The third-order valence-electron chi connectivity index (χ3n) is 4.27. The summed E-state index contributed by atoms with van der Waals surface area (Å²) in [6.45, 7) is 3.87. The predicted molar refractivity (Wildman–Crippen MR) is 103 cm³/mol. The summed E-state index contributed by atoms with van der Waals surface area (Å²) in [6.07, 6.45) is 0. The number of amides is 2. The van der Waals surface area contributed by atoms with Gasteiger partial charge in [-0.15, -0.1) is 0 Å². The summed E-state index contributed by atoms with van der Waals surface area (Å²) in [5, 5.41) is 9.43. The largest absolute Gasteiger partial charge is 0.383 e. The maximum absolute atomic E-state index is 12.4. The van der Waals surface area contributed by atoms with E-state index in [1.807, 2.05) is 25.1 Å². The second-order valence-corrected chi connectivity index (χ2v) is 8.91. The van der Waals surface area contributed by atoms with E-state index in [9.17, 15) is 18.0 Å². The van der Waals surface area contributed by atoms with Gasteiger partial charge in [-0.25, -0.2) is 13.1 Å². The zero-order chi connectivity index (χ0) is 20.5. The molecule has 9 nitrogen and oxygen atoms in total. The van der Waals surface area contributed by atoms with Gasteiger partial charge >= 0.3 is 11.8 Å². The summed E-state index contributed by atoms with van der Waals surface area (Å²) in [6, 6.07) is 7.04. The smallest absolute Gasteiger partial charge is 0.314 e. The van der Waals surface area contributed by atoms with Gasteiger partial charge in [0, 0.05) is 18.7 Å². The highest BCUT2D eigenvalue weighted by Crippen LogP contribution is 2.33. The van der Waals surface area contributed by atoms with E-state index in [-0.39, 0.29) is 30.0 Å². The van der Waals surface area contributed by atoms with Crippen molar-refractivity contribution in [2.24, 2.45) is 0 Å². The van der Waals surface area contributed by atoms with E-state index >= 15 is 0 Å². The Morgan fingerprint density at radius 1 is 1.29 bits per heavy atom. The monoisotopic (exact) mass is 406 g/mol. The van der Waals surface area contributed by atoms with E-state index < -0.39 is 21.7 Å². The minimum atomic E-state index is -3.32. The number of anilines is 1. The van der Waals surface area contributed by atoms with Crippen LogP contribution in [0.25, 0.3) is 5.69 Å². The van der Waals surface area contributed by atoms with Crippen molar-refractivity contribution in [3.8, 4) is 5.69 Å². The van der Waals surface area contributed by atoms with Crippen LogP contribution in [0.5, 0.6) is 0 Å². The summed E-state index contributed by atoms with van der Waals surface area (Å²) in [5.41, 5.74) is 2.43. The number of nitrogens with one attached hydrogen (secondary N) is 2. The molecule has 1 aliphatic rings. The fraction of sp³-hybridized carbons (Fsp3) is 0.389. The molecule has 2 aromatic rings. The fourth-order valence-corrected chi connectivity index (χ4v) is 4.56. The molecule has 0 saturated heterocycles. The molecule has 28 heavy (non-hydrogen) atoms. The third kappa shape index (κ3) is 4.23. The molecule has 2 N–H and O–H groups in total. The van der Waals surface area contributed by atoms with Crippen LogP contribution < -0.4 is 10.6 Å². The highest BCUT2D eigenvalue weighted by molar-refractivity contribution is 7.90. The number of hydrogen-bond acceptors (Lipinski definition) is 6. The van der Waals surface area contributed by atoms with E-state index in [1.165, 1.54) is 11.8 Å². The molecule has 0 spiro atoms. The Morgan fingerprint density at radius 2 is 2.04 bits per heavy atom. The summed E-state index contributed by atoms with van der Waals surface area (Å²) < 4.78 is 30.4. The number of fused-ring (bicyclic) bond motifs is 1. The lowest BCUT2D eigenvalue weighted by molar-refractivity contribution is -0.136. The van der Waals surface area contributed by atoms with Crippen molar-refractivity contribution in [1.29, 1.82) is 0 Å². The fourth-order valence-electron chi connectivity index (χ4n) is 3.06. The van der Waals surface area contributed by atoms with E-state index in [0.29, 0.717) is 16.9 Å². The molecule has 0 fully saturated rings. The van der Waals surface area contributed by atoms with Crippen molar-refractivity contribution < 1.29 is 22.7 Å². The Bertz CT molecular complexity index is 1030. The maximum Gasteiger partial charge on any atom is 0.314 e. The molecule has 0 aliphatic carbocycles. The lowest BCUT2D eigenvalue weighted by Gasteiger charge is -2.14. The van der Waals surface area contributed by atoms with Crippen molar-refractivity contribution in [2.75, 3.05) is 19.0 Å². The van der Waals surface area contributed by atoms with E-state index in [2.05, 4.69) is 15.7 Å². The molecule has 3 rings (SSSR count). The van der Waals surface area contributed by atoms with Crippen LogP contribution in [0.3, 0.4) is 0 Å². The van der Waals surface area contributed by atoms with Crippen molar-refractivity contribution in [3.63, 3.8) is 0 Å². The standard InChI is InChI=1S/C18H22N4O5S/c1-11-5-4-6-13(7-11)22-16(14-9-28(25,26)10-15(14)21-22)20-18(24)17(23)19-12(2)8-27-3/h4-7,12H,8-10H2,1-3H3,(H,19,23)(H,20,24). The molecule has 2 amide bonds. The van der Waals surface area contributed by atoms with Crippen LogP contribution in [-0.4, -0.2) is 49.8 Å². The summed E-state index contributed by atoms with van der Waals surface area (Å²) in [5.74, 6) is -1.96. The predicted octanol–water partition coefficient (Wildman–Crippen LogP) is 0.699. The Labute approximate surface area is 163 Å². The van der Waals surface area contributed by atoms with Gasteiger partial charge in [-0.1, -0.05) is 12.1 Å². The van der Waals surface area contributed by atoms with Gasteiger partial charge in [0.25, 0.3) is 0 Å². The molecule has 1 aliphatic heterocycles. The second-order valence-electron chi connectivity index (χ2n) is 6.84. The number of carbonyl (C=O) groups is 2. The van der Waals surface area contributed by atoms with Crippen molar-refractivity contribution in [2.45, 2.75) is 31.4 Å². The highest BCUT2D eigenvalue weighted by atomic mass is 32.2. The van der Waals surface area contributed by atoms with Crippen LogP contribution in [0.4, 0.5) is 5.82 Å². The first-order chi connectivity index (χ1) is 13.2. The SMILES string of the molecule is COCC(C)NC(=O)C(=O)Nc1c2c(nn1-c1cccc(C)c1)CS(=O)(=O)C2. The van der Waals surface area contributed by atoms with Gasteiger partial charge < -0.3 is 15.4 Å². The molecule has 0 saturated carbocycles. The van der Waals surface area contributed by atoms with Crippen LogP contribution >= 0.6 is 0 Å². The van der Waals surface area contributed by atoms with Gasteiger partial charge in [0.15, 0.2) is 9.84 Å². The number of aromatic nitrogens is 2. The molecule has 1 aromatic heterocycles. The van der Waals surface area contributed by atoms with Gasteiger partial charge in [-0.3, -0.25) is 9.59 Å². The number of ether oxygens (including phenoxy) is 1. The van der Waals surface area contributed by atoms with E-state index in [0.717, 1.165) is 5.56 Å². The number of methoxy groups -OCH3 is 1. The normalized spacial score (nSPS) is 15.7. The number of aryl methyl sites for hydroxylation is 1. The van der Waals surface area contributed by atoms with E-state index in [4.69, 9.17) is 4.74 Å². The number of nitrogens with zero attached hydrogens (tertiary/aromatic N) is 2. The van der Waals surface area contributed by atoms with Crippen LogP contribution in [-0.2, 0) is 35.7 Å². The first kappa shape index (κ1) is 20.0. The number of rotatable bonds is 5. The third-order valence-corrected chi connectivity index (χ3v) is 5.71. The first-order valence-corrected chi connectivity index (χ1v) is 10.5. The number of benzene rings is 1. The molecule has 1 aromatic carbocycles. The molecular formula is C18H22N4O5S. The average molecular weight is 406 g/mol. The summed E-state index contributed by atoms with van der Waals surface area (Å²) in [7, 11) is -1.83. The Morgan fingerprint density at radius 3 is 2.71 bits per heavy atom. The van der Waals surface area contributed by atoms with Crippen LogP contribution in [0.2, 0.25) is 0 Å². The number of sulfone groups is 1. The minimum absolute atomic E-state index is 0.193. The zero-order valence-electron chi connectivity index (χ0n) is 15.9. The van der Waals surface area contributed by atoms with Crippen molar-refractivity contribution >= 4 is 27.5 Å². The van der Waals surface area contributed by atoms with Crippen molar-refractivity contribution in [3.05, 3.63) is 41.1 Å². The molecule has 2 heterocycles. The topological polar surface area (TPSA) is 119 Å². The Hall–Kier alpha value is -2.72. The quantitative estimate of drug-likeness (QED) is 0.706. The molecular weight excluding hydrogens is 384 g/mol. The summed E-state index contributed by atoms with van der Waals surface area (Å²) in [4.78, 5) is 24.6. The van der Waals surface area contributed by atoms with Crippen molar-refractivity contribution in [1.82, 2.24) is 15.1 Å². The number of carbonyl (C=O) groups excluding carboxylic acids is 2. The first-order valence-electron chi connectivity index (χ1n) is 8.69. The second kappa shape index (κ2) is 7.72. The lowest BCUT2D eigenvalue weighted by Crippen LogP contribution is -2.42. The highest BCUT2D eigenvalue weighted by Gasteiger charge is 2.34. The van der Waals surface area contributed by atoms with E-state index in [1.54, 1.807) is 13.0 Å². The molecule has 10 heteroatoms. The molecule has 0 radical (unpaired) electrons. The zero-order valence-corrected chi connectivity index (χ0v) is 16.7. The molecule has 1 unspecified atom stereocenters. The van der Waals surface area contributed by atoms with Gasteiger partial charge in [-0.05, 0) is 31.5 Å². The van der Waals surface area contributed by atoms with Crippen LogP contribution in [0.1, 0.15) is 23.7 Å². The molecule has 1 atom stereocenters. The number of hydrogen-bond donors (Lipinski definition) is 2. The average Bonchev–Trinajstić information content (AvgIpc) is 3.07. The lowest BCUT2D eigenvalue weighted by atomic mass is 10.2. The maximum atomic E-state index is 12.4. The van der Waals surface area contributed by atoms with Gasteiger partial charge in [0.1, 0.15) is 5.82 Å².